The molecule has 3 heteroatoms. The van der Waals surface area contributed by atoms with Crippen molar-refractivity contribution in [2.45, 2.75) is 63.4 Å². The molecule has 1 atom stereocenters. The molecule has 2 aliphatic carbocycles. The first-order valence-corrected chi connectivity index (χ1v) is 10.4. The van der Waals surface area contributed by atoms with Gasteiger partial charge in [0.25, 0.3) is 0 Å². The molecule has 0 aliphatic heterocycles. The van der Waals surface area contributed by atoms with Crippen molar-refractivity contribution >= 4 is 5.52 Å². The third kappa shape index (κ3) is 3.19. The number of aromatic nitrogens is 2. The second-order valence-electron chi connectivity index (χ2n) is 8.61. The summed E-state index contributed by atoms with van der Waals surface area (Å²) in [5.41, 5.74) is 6.38. The average Bonchev–Trinajstić information content (AvgIpc) is 3.44. The molecule has 27 heavy (non-hydrogen) atoms. The van der Waals surface area contributed by atoms with E-state index in [1.807, 2.05) is 12.5 Å². The average molecular weight is 361 g/mol. The molecule has 2 aromatic heterocycles. The van der Waals surface area contributed by atoms with E-state index in [4.69, 9.17) is 0 Å². The predicted octanol–water partition coefficient (Wildman–Crippen LogP) is 5.53. The molecule has 5 rings (SSSR count). The first-order chi connectivity index (χ1) is 13.2. The van der Waals surface area contributed by atoms with Crippen LogP contribution in [0, 0.1) is 12.8 Å². The number of aliphatic hydroxyl groups is 1. The van der Waals surface area contributed by atoms with E-state index in [-0.39, 0.29) is 6.10 Å². The molecule has 0 saturated heterocycles. The Hall–Kier alpha value is -2.13. The number of hydrogen-bond acceptors (Lipinski definition) is 2. The maximum atomic E-state index is 11.4. The van der Waals surface area contributed by atoms with Crippen LogP contribution in [0.15, 0.2) is 49.1 Å². The number of fused-ring (bicyclic) bond motifs is 1. The maximum absolute atomic E-state index is 11.4. The van der Waals surface area contributed by atoms with Gasteiger partial charge in [-0.1, -0.05) is 29.8 Å². The van der Waals surface area contributed by atoms with E-state index in [9.17, 15) is 5.11 Å². The SMILES string of the molecule is Cc1ccc([C@H]2CC[C@H]([C@H](O)c3c(C4CC4)ccn4cncc34)CC2)cc1. The van der Waals surface area contributed by atoms with Gasteiger partial charge in [-0.15, -0.1) is 0 Å². The molecule has 0 bridgehead atoms. The lowest BCUT2D eigenvalue weighted by atomic mass is 9.75. The van der Waals surface area contributed by atoms with Crippen LogP contribution in [0.3, 0.4) is 0 Å². The van der Waals surface area contributed by atoms with Crippen LogP contribution in [-0.4, -0.2) is 14.5 Å². The van der Waals surface area contributed by atoms with Crippen LogP contribution in [-0.2, 0) is 0 Å². The summed E-state index contributed by atoms with van der Waals surface area (Å²) in [6.07, 6.45) is 12.5. The van der Waals surface area contributed by atoms with Crippen LogP contribution in [0.5, 0.6) is 0 Å². The summed E-state index contributed by atoms with van der Waals surface area (Å²) in [6, 6.07) is 11.2. The summed E-state index contributed by atoms with van der Waals surface area (Å²) < 4.78 is 2.06. The normalized spacial score (nSPS) is 24.2. The second-order valence-corrected chi connectivity index (χ2v) is 8.61. The Bertz CT molecular complexity index is 931. The summed E-state index contributed by atoms with van der Waals surface area (Å²) >= 11 is 0. The monoisotopic (exact) mass is 360 g/mol. The minimum atomic E-state index is -0.375. The van der Waals surface area contributed by atoms with E-state index < -0.39 is 0 Å². The second kappa shape index (κ2) is 6.79. The Morgan fingerprint density at radius 1 is 0.963 bits per heavy atom. The molecule has 1 aromatic carbocycles. The van der Waals surface area contributed by atoms with E-state index in [2.05, 4.69) is 52.8 Å². The highest BCUT2D eigenvalue weighted by Crippen LogP contribution is 2.47. The lowest BCUT2D eigenvalue weighted by molar-refractivity contribution is 0.0810. The molecule has 0 spiro atoms. The summed E-state index contributed by atoms with van der Waals surface area (Å²) in [4.78, 5) is 4.32. The maximum Gasteiger partial charge on any atom is 0.0992 e. The largest absolute Gasteiger partial charge is 0.388 e. The predicted molar refractivity (Wildman–Crippen MR) is 108 cm³/mol. The lowest BCUT2D eigenvalue weighted by Gasteiger charge is -2.33. The van der Waals surface area contributed by atoms with Gasteiger partial charge in [0.05, 0.1) is 24.1 Å². The zero-order chi connectivity index (χ0) is 18.4. The fourth-order valence-corrected chi connectivity index (χ4v) is 4.95. The standard InChI is InChI=1S/C24H28N2O/c1-16-2-4-17(5-3-16)18-6-10-20(11-7-18)24(27)23-21(19-8-9-19)12-13-26-15-25-14-22(23)26/h2-5,12-15,18-20,24,27H,6-11H2,1H3/t18-,20-,24-/m0/s1. The van der Waals surface area contributed by atoms with Gasteiger partial charge in [-0.05, 0) is 80.4 Å². The Kier molecular flexibility index (Phi) is 4.28. The fraction of sp³-hybridized carbons (Fsp3) is 0.458. The van der Waals surface area contributed by atoms with E-state index in [1.165, 1.54) is 42.4 Å². The van der Waals surface area contributed by atoms with Gasteiger partial charge in [0.15, 0.2) is 0 Å². The number of aliphatic hydroxyl groups excluding tert-OH is 1. The third-order valence-electron chi connectivity index (χ3n) is 6.75. The Balaban J connectivity index is 1.37. The van der Waals surface area contributed by atoms with Crippen molar-refractivity contribution in [3.8, 4) is 0 Å². The first kappa shape index (κ1) is 17.0. The van der Waals surface area contributed by atoms with Crippen molar-refractivity contribution < 1.29 is 5.11 Å². The molecule has 2 saturated carbocycles. The van der Waals surface area contributed by atoms with Crippen LogP contribution in [0.25, 0.3) is 5.52 Å². The molecule has 0 radical (unpaired) electrons. The van der Waals surface area contributed by atoms with Crippen LogP contribution in [0.4, 0.5) is 0 Å². The van der Waals surface area contributed by atoms with Gasteiger partial charge in [0.2, 0.25) is 0 Å². The Morgan fingerprint density at radius 3 is 2.37 bits per heavy atom. The van der Waals surface area contributed by atoms with E-state index >= 15 is 0 Å². The van der Waals surface area contributed by atoms with Crippen molar-refractivity contribution in [3.05, 3.63) is 71.3 Å². The molecule has 3 aromatic rings. The summed E-state index contributed by atoms with van der Waals surface area (Å²) in [7, 11) is 0. The Labute approximate surface area is 161 Å². The number of imidazole rings is 1. The zero-order valence-corrected chi connectivity index (χ0v) is 16.0. The Morgan fingerprint density at radius 2 is 1.67 bits per heavy atom. The summed E-state index contributed by atoms with van der Waals surface area (Å²) in [6.45, 7) is 2.14. The smallest absolute Gasteiger partial charge is 0.0992 e. The van der Waals surface area contributed by atoms with Gasteiger partial charge in [-0.3, -0.25) is 0 Å². The molecular weight excluding hydrogens is 332 g/mol. The molecule has 3 nitrogen and oxygen atoms in total. The molecule has 2 fully saturated rings. The molecule has 140 valence electrons. The number of aryl methyl sites for hydroxylation is 1. The minimum absolute atomic E-state index is 0.352. The minimum Gasteiger partial charge on any atom is -0.388 e. The first-order valence-electron chi connectivity index (χ1n) is 10.4. The van der Waals surface area contributed by atoms with E-state index in [0.29, 0.717) is 17.8 Å². The summed E-state index contributed by atoms with van der Waals surface area (Å²) in [5.74, 6) is 1.63. The molecule has 1 N–H and O–H groups in total. The topological polar surface area (TPSA) is 37.5 Å². The van der Waals surface area contributed by atoms with Crippen molar-refractivity contribution in [2.75, 3.05) is 0 Å². The number of pyridine rings is 1. The fourth-order valence-electron chi connectivity index (χ4n) is 4.95. The van der Waals surface area contributed by atoms with Gasteiger partial charge in [-0.2, -0.15) is 0 Å². The van der Waals surface area contributed by atoms with Gasteiger partial charge in [-0.25, -0.2) is 4.98 Å². The van der Waals surface area contributed by atoms with Gasteiger partial charge in [0, 0.05) is 11.8 Å². The summed E-state index contributed by atoms with van der Waals surface area (Å²) in [5, 5.41) is 11.4. The van der Waals surface area contributed by atoms with E-state index in [0.717, 1.165) is 23.9 Å². The van der Waals surface area contributed by atoms with Gasteiger partial charge in [0.1, 0.15) is 0 Å². The third-order valence-corrected chi connectivity index (χ3v) is 6.75. The molecule has 2 aliphatic rings. The van der Waals surface area contributed by atoms with Crippen molar-refractivity contribution in [1.82, 2.24) is 9.38 Å². The lowest BCUT2D eigenvalue weighted by Crippen LogP contribution is -2.21. The number of nitrogens with zero attached hydrogens (tertiary/aromatic N) is 2. The van der Waals surface area contributed by atoms with Crippen molar-refractivity contribution in [1.29, 1.82) is 0 Å². The molecule has 2 heterocycles. The highest BCUT2D eigenvalue weighted by atomic mass is 16.3. The van der Waals surface area contributed by atoms with Crippen LogP contribution in [0.1, 0.15) is 78.7 Å². The number of hydrogen-bond donors (Lipinski definition) is 1. The van der Waals surface area contributed by atoms with Gasteiger partial charge < -0.3 is 9.51 Å². The van der Waals surface area contributed by atoms with Gasteiger partial charge >= 0.3 is 0 Å². The van der Waals surface area contributed by atoms with E-state index in [1.54, 1.807) is 0 Å². The molecular formula is C24H28N2O. The number of benzene rings is 1. The van der Waals surface area contributed by atoms with Crippen molar-refractivity contribution in [3.63, 3.8) is 0 Å². The quantitative estimate of drug-likeness (QED) is 0.664. The number of rotatable bonds is 4. The van der Waals surface area contributed by atoms with Crippen LogP contribution in [0.2, 0.25) is 0 Å². The molecule has 0 unspecified atom stereocenters. The zero-order valence-electron chi connectivity index (χ0n) is 16.0. The van der Waals surface area contributed by atoms with Crippen molar-refractivity contribution in [2.24, 2.45) is 5.92 Å². The van der Waals surface area contributed by atoms with Crippen LogP contribution < -0.4 is 0 Å². The highest BCUT2D eigenvalue weighted by Gasteiger charge is 2.34. The molecule has 0 amide bonds. The van der Waals surface area contributed by atoms with Crippen LogP contribution >= 0.6 is 0 Å². The highest BCUT2D eigenvalue weighted by molar-refractivity contribution is 5.59.